The number of aliphatic hydroxyl groups is 1. The van der Waals surface area contributed by atoms with E-state index in [1.807, 2.05) is 36.4 Å². The van der Waals surface area contributed by atoms with Crippen LogP contribution in [-0.4, -0.2) is 32.1 Å². The predicted molar refractivity (Wildman–Crippen MR) is 141 cm³/mol. The minimum absolute atomic E-state index is 0.0726. The zero-order valence-electron chi connectivity index (χ0n) is 19.0. The summed E-state index contributed by atoms with van der Waals surface area (Å²) in [5.74, 6) is -0.0168. The fourth-order valence-corrected chi connectivity index (χ4v) is 5.81. The van der Waals surface area contributed by atoms with Crippen LogP contribution in [0, 0.1) is 5.82 Å². The summed E-state index contributed by atoms with van der Waals surface area (Å²) in [5.41, 5.74) is 3.90. The Morgan fingerprint density at radius 1 is 1.00 bits per heavy atom. The fourth-order valence-electron chi connectivity index (χ4n) is 4.29. The molecule has 0 saturated carbocycles. The van der Waals surface area contributed by atoms with E-state index in [0.29, 0.717) is 10.7 Å². The zero-order chi connectivity index (χ0) is 25.2. The number of phenols is 1. The van der Waals surface area contributed by atoms with Crippen LogP contribution in [0.1, 0.15) is 23.3 Å². The molecule has 1 aromatic heterocycles. The Hall–Kier alpha value is -3.39. The average Bonchev–Trinajstić information content (AvgIpc) is 2.89. The minimum atomic E-state index is -0.832. The summed E-state index contributed by atoms with van der Waals surface area (Å²) < 4.78 is 13.2. The van der Waals surface area contributed by atoms with Crippen LogP contribution in [0.4, 0.5) is 10.1 Å². The molecule has 182 valence electrons. The van der Waals surface area contributed by atoms with Crippen LogP contribution in [0.3, 0.4) is 0 Å². The molecule has 0 spiro atoms. The Bertz CT molecular complexity index is 1370. The van der Waals surface area contributed by atoms with Gasteiger partial charge in [-0.25, -0.2) is 9.37 Å². The van der Waals surface area contributed by atoms with E-state index in [9.17, 15) is 19.4 Å². The number of benzene rings is 3. The smallest absolute Gasteiger partial charge is 0.243 e. The van der Waals surface area contributed by atoms with Crippen molar-refractivity contribution in [2.75, 3.05) is 10.7 Å². The standard InChI is InChI=1S/C28H22ClFN2O3S/c29-27-23(2-1-15-31-27)17-5-11-21(12-6-17)32-25(19-7-13-22(33)14-8-19)26(28(32)35)36-16-24(34)18-3-9-20(30)10-4-18/h1-15,24-26,33-34H,16H2/t24-,25+,26+/m0/s1. The highest BCUT2D eigenvalue weighted by Crippen LogP contribution is 2.46. The SMILES string of the molecule is O=C1[C@H](SC[C@H](O)c2ccc(F)cc2)[C@@H](c2ccc(O)cc2)N1c1ccc(-c2cccnc2Cl)cc1. The van der Waals surface area contributed by atoms with E-state index in [-0.39, 0.29) is 29.3 Å². The lowest BCUT2D eigenvalue weighted by atomic mass is 9.92. The first-order valence-corrected chi connectivity index (χ1v) is 12.7. The molecular weight excluding hydrogens is 499 g/mol. The number of thioether (sulfide) groups is 1. The lowest BCUT2D eigenvalue weighted by Gasteiger charge is -2.47. The van der Waals surface area contributed by atoms with E-state index in [0.717, 1.165) is 22.4 Å². The van der Waals surface area contributed by atoms with Crippen LogP contribution in [0.5, 0.6) is 5.75 Å². The molecule has 1 aliphatic rings. The second-order valence-electron chi connectivity index (χ2n) is 8.45. The third-order valence-electron chi connectivity index (χ3n) is 6.18. The molecule has 5 nitrogen and oxygen atoms in total. The van der Waals surface area contributed by atoms with Gasteiger partial charge in [0.2, 0.25) is 5.91 Å². The second kappa shape index (κ2) is 10.3. The molecule has 0 aliphatic carbocycles. The number of nitrogens with zero attached hydrogens (tertiary/aromatic N) is 2. The lowest BCUT2D eigenvalue weighted by molar-refractivity contribution is -0.123. The molecule has 0 unspecified atom stereocenters. The maximum absolute atomic E-state index is 13.3. The molecule has 3 atom stereocenters. The van der Waals surface area contributed by atoms with E-state index < -0.39 is 11.4 Å². The number of hydrogen-bond acceptors (Lipinski definition) is 5. The topological polar surface area (TPSA) is 73.7 Å². The van der Waals surface area contributed by atoms with Crippen molar-refractivity contribution in [1.82, 2.24) is 4.98 Å². The van der Waals surface area contributed by atoms with Crippen LogP contribution in [-0.2, 0) is 4.79 Å². The number of halogens is 2. The number of rotatable bonds is 7. The van der Waals surface area contributed by atoms with Gasteiger partial charge in [-0.1, -0.05) is 48.0 Å². The first kappa shape index (κ1) is 24.3. The van der Waals surface area contributed by atoms with Gasteiger partial charge in [0.15, 0.2) is 0 Å². The Morgan fingerprint density at radius 3 is 2.36 bits per heavy atom. The number of β-lactam (4-membered cyclic amide) rings is 1. The number of anilines is 1. The normalized spacial score (nSPS) is 18.1. The molecule has 3 aromatic carbocycles. The van der Waals surface area contributed by atoms with Gasteiger partial charge in [-0.05, 0) is 65.2 Å². The van der Waals surface area contributed by atoms with Crippen LogP contribution < -0.4 is 4.90 Å². The van der Waals surface area contributed by atoms with E-state index in [1.165, 1.54) is 23.9 Å². The van der Waals surface area contributed by atoms with Crippen LogP contribution in [0.15, 0.2) is 91.1 Å². The molecular formula is C28H22ClFN2O3S. The maximum Gasteiger partial charge on any atom is 0.243 e. The highest BCUT2D eigenvalue weighted by molar-refractivity contribution is 8.00. The number of carbonyl (C=O) groups is 1. The van der Waals surface area contributed by atoms with Gasteiger partial charge in [0.25, 0.3) is 0 Å². The van der Waals surface area contributed by atoms with Crippen molar-refractivity contribution in [2.45, 2.75) is 17.4 Å². The van der Waals surface area contributed by atoms with Gasteiger partial charge in [-0.15, -0.1) is 11.8 Å². The number of aliphatic hydroxyl groups excluding tert-OH is 1. The van der Waals surface area contributed by atoms with Crippen molar-refractivity contribution in [3.63, 3.8) is 0 Å². The number of hydrogen-bond donors (Lipinski definition) is 2. The first-order chi connectivity index (χ1) is 17.4. The predicted octanol–water partition coefficient (Wildman–Crippen LogP) is 6.17. The molecule has 1 amide bonds. The van der Waals surface area contributed by atoms with E-state index >= 15 is 0 Å². The summed E-state index contributed by atoms with van der Waals surface area (Å²) >= 11 is 7.60. The molecule has 2 N–H and O–H groups in total. The Balaban J connectivity index is 1.38. The maximum atomic E-state index is 13.3. The van der Waals surface area contributed by atoms with Crippen molar-refractivity contribution in [1.29, 1.82) is 0 Å². The molecule has 4 aromatic rings. The van der Waals surface area contributed by atoms with Crippen LogP contribution >= 0.6 is 23.4 Å². The third-order valence-corrected chi connectivity index (χ3v) is 7.81. The molecule has 0 radical (unpaired) electrons. The number of carbonyl (C=O) groups excluding carboxylic acids is 1. The van der Waals surface area contributed by atoms with Gasteiger partial charge in [-0.2, -0.15) is 0 Å². The Labute approximate surface area is 217 Å². The van der Waals surface area contributed by atoms with E-state index in [4.69, 9.17) is 11.6 Å². The lowest BCUT2D eigenvalue weighted by Crippen LogP contribution is -2.57. The van der Waals surface area contributed by atoms with Gasteiger partial charge in [0.05, 0.1) is 12.1 Å². The highest BCUT2D eigenvalue weighted by atomic mass is 35.5. The molecule has 1 aliphatic heterocycles. The van der Waals surface area contributed by atoms with Crippen molar-refractivity contribution < 1.29 is 19.4 Å². The second-order valence-corrected chi connectivity index (χ2v) is 9.99. The summed E-state index contributed by atoms with van der Waals surface area (Å²) in [6.07, 6.45) is 0.799. The number of amides is 1. The quantitative estimate of drug-likeness (QED) is 0.225. The Morgan fingerprint density at radius 2 is 1.69 bits per heavy atom. The molecule has 0 bridgehead atoms. The number of aromatic hydroxyl groups is 1. The van der Waals surface area contributed by atoms with Gasteiger partial charge in [-0.3, -0.25) is 4.79 Å². The number of pyridine rings is 1. The zero-order valence-corrected chi connectivity index (χ0v) is 20.5. The summed E-state index contributed by atoms with van der Waals surface area (Å²) in [6.45, 7) is 0. The van der Waals surface area contributed by atoms with Gasteiger partial charge >= 0.3 is 0 Å². The van der Waals surface area contributed by atoms with Crippen molar-refractivity contribution >= 4 is 35.0 Å². The molecule has 1 saturated heterocycles. The van der Waals surface area contributed by atoms with Crippen LogP contribution in [0.2, 0.25) is 5.15 Å². The molecule has 5 rings (SSSR count). The highest BCUT2D eigenvalue weighted by Gasteiger charge is 2.49. The van der Waals surface area contributed by atoms with E-state index in [2.05, 4.69) is 4.98 Å². The van der Waals surface area contributed by atoms with Gasteiger partial charge in [0, 0.05) is 23.2 Å². The van der Waals surface area contributed by atoms with Crippen molar-refractivity contribution in [2.24, 2.45) is 0 Å². The van der Waals surface area contributed by atoms with E-state index in [1.54, 1.807) is 47.5 Å². The molecule has 36 heavy (non-hydrogen) atoms. The summed E-state index contributed by atoms with van der Waals surface area (Å²) in [7, 11) is 0. The van der Waals surface area contributed by atoms with Crippen molar-refractivity contribution in [3.8, 4) is 16.9 Å². The summed E-state index contributed by atoms with van der Waals surface area (Å²) in [6, 6.07) is 23.5. The Kier molecular flexibility index (Phi) is 6.96. The first-order valence-electron chi connectivity index (χ1n) is 11.3. The monoisotopic (exact) mass is 520 g/mol. The number of phenolic OH excluding ortho intramolecular Hbond substituents is 1. The number of aromatic nitrogens is 1. The fraction of sp³-hybridized carbons (Fsp3) is 0.143. The van der Waals surface area contributed by atoms with Gasteiger partial charge in [0.1, 0.15) is 22.0 Å². The largest absolute Gasteiger partial charge is 0.508 e. The minimum Gasteiger partial charge on any atom is -0.508 e. The molecule has 1 fully saturated rings. The summed E-state index contributed by atoms with van der Waals surface area (Å²) in [5, 5.41) is 20.3. The van der Waals surface area contributed by atoms with Gasteiger partial charge < -0.3 is 15.1 Å². The summed E-state index contributed by atoms with van der Waals surface area (Å²) in [4.78, 5) is 19.2. The molecule has 8 heteroatoms. The third kappa shape index (κ3) is 4.82. The molecule has 2 heterocycles. The van der Waals surface area contributed by atoms with Crippen LogP contribution in [0.25, 0.3) is 11.1 Å². The van der Waals surface area contributed by atoms with Crippen molar-refractivity contribution in [3.05, 3.63) is 113 Å². The average molecular weight is 521 g/mol.